The molecular weight excluding hydrogens is 174 g/mol. The molecule has 3 nitrogen and oxygen atoms in total. The van der Waals surface area contributed by atoms with Gasteiger partial charge in [0.2, 0.25) is 0 Å². The standard InChI is InChI=1S/C11H25N3/c12-11-6-2-5-8-13-7-3-1-4-9-14-10-11/h11,13-14H,1-10,12H2/t11-/m0/s1. The lowest BCUT2D eigenvalue weighted by molar-refractivity contribution is 0.513. The maximum atomic E-state index is 5.97. The summed E-state index contributed by atoms with van der Waals surface area (Å²) in [6, 6.07) is 0.357. The zero-order valence-electron chi connectivity index (χ0n) is 9.23. The molecule has 0 saturated carbocycles. The second-order valence-corrected chi connectivity index (χ2v) is 4.27. The molecule has 1 aliphatic rings. The average Bonchev–Trinajstić information content (AvgIpc) is 2.20. The molecule has 1 fully saturated rings. The summed E-state index contributed by atoms with van der Waals surface area (Å²) in [5.74, 6) is 0. The number of nitrogens with two attached hydrogens (primary N) is 1. The first-order valence-electron chi connectivity index (χ1n) is 6.06. The van der Waals surface area contributed by atoms with Gasteiger partial charge in [0.25, 0.3) is 0 Å². The first-order valence-corrected chi connectivity index (χ1v) is 6.06. The van der Waals surface area contributed by atoms with E-state index in [0.29, 0.717) is 6.04 Å². The van der Waals surface area contributed by atoms with Crippen LogP contribution < -0.4 is 16.4 Å². The number of nitrogens with one attached hydrogen (secondary N) is 2. The van der Waals surface area contributed by atoms with Crippen LogP contribution >= 0.6 is 0 Å². The molecule has 1 heterocycles. The lowest BCUT2D eigenvalue weighted by Crippen LogP contribution is -2.34. The molecule has 1 atom stereocenters. The maximum absolute atomic E-state index is 5.97. The molecule has 0 radical (unpaired) electrons. The number of hydrogen-bond acceptors (Lipinski definition) is 3. The highest BCUT2D eigenvalue weighted by atomic mass is 14.9. The fourth-order valence-electron chi connectivity index (χ4n) is 1.85. The van der Waals surface area contributed by atoms with Crippen LogP contribution in [0, 0.1) is 0 Å². The summed E-state index contributed by atoms with van der Waals surface area (Å²) in [4.78, 5) is 0. The summed E-state index contributed by atoms with van der Waals surface area (Å²) in [5, 5.41) is 6.91. The van der Waals surface area contributed by atoms with E-state index < -0.39 is 0 Å². The highest BCUT2D eigenvalue weighted by Crippen LogP contribution is 1.99. The topological polar surface area (TPSA) is 50.1 Å². The Morgan fingerprint density at radius 2 is 1.43 bits per heavy atom. The van der Waals surface area contributed by atoms with E-state index in [9.17, 15) is 0 Å². The Labute approximate surface area is 87.8 Å². The Bertz CT molecular complexity index is 114. The number of hydrogen-bond donors (Lipinski definition) is 3. The molecule has 0 spiro atoms. The summed E-state index contributed by atoms with van der Waals surface area (Å²) in [6.45, 7) is 4.48. The van der Waals surface area contributed by atoms with E-state index in [1.165, 1.54) is 45.2 Å². The van der Waals surface area contributed by atoms with Crippen molar-refractivity contribution >= 4 is 0 Å². The van der Waals surface area contributed by atoms with E-state index in [1.54, 1.807) is 0 Å². The van der Waals surface area contributed by atoms with E-state index in [1.807, 2.05) is 0 Å². The van der Waals surface area contributed by atoms with Crippen LogP contribution in [0.2, 0.25) is 0 Å². The van der Waals surface area contributed by atoms with Crippen LogP contribution in [-0.4, -0.2) is 32.2 Å². The smallest absolute Gasteiger partial charge is 0.0165 e. The fraction of sp³-hybridized carbons (Fsp3) is 1.00. The van der Waals surface area contributed by atoms with Gasteiger partial charge in [-0.3, -0.25) is 0 Å². The molecule has 1 rings (SSSR count). The molecule has 84 valence electrons. The van der Waals surface area contributed by atoms with Crippen LogP contribution in [0.25, 0.3) is 0 Å². The third-order valence-corrected chi connectivity index (χ3v) is 2.79. The van der Waals surface area contributed by atoms with Gasteiger partial charge in [-0.05, 0) is 45.3 Å². The first-order chi connectivity index (χ1) is 6.89. The van der Waals surface area contributed by atoms with Gasteiger partial charge in [-0.15, -0.1) is 0 Å². The Morgan fingerprint density at radius 3 is 2.21 bits per heavy atom. The third kappa shape index (κ3) is 6.35. The molecule has 0 aromatic carbocycles. The second-order valence-electron chi connectivity index (χ2n) is 4.27. The first kappa shape index (κ1) is 12.0. The predicted molar refractivity (Wildman–Crippen MR) is 61.4 cm³/mol. The quantitative estimate of drug-likeness (QED) is 0.542. The van der Waals surface area contributed by atoms with Crippen molar-refractivity contribution in [1.29, 1.82) is 0 Å². The SMILES string of the molecule is N[C@H]1CCCCNCCCCCNC1. The predicted octanol–water partition coefficient (Wildman–Crippen LogP) is 0.847. The van der Waals surface area contributed by atoms with Crippen molar-refractivity contribution < 1.29 is 0 Å². The summed E-state index contributed by atoms with van der Waals surface area (Å²) in [7, 11) is 0. The van der Waals surface area contributed by atoms with Crippen LogP contribution in [0.3, 0.4) is 0 Å². The summed E-state index contributed by atoms with van der Waals surface area (Å²) < 4.78 is 0. The van der Waals surface area contributed by atoms with Crippen molar-refractivity contribution in [2.75, 3.05) is 26.2 Å². The van der Waals surface area contributed by atoms with E-state index in [0.717, 1.165) is 19.5 Å². The number of rotatable bonds is 0. The largest absolute Gasteiger partial charge is 0.327 e. The summed E-state index contributed by atoms with van der Waals surface area (Å²) in [6.07, 6.45) is 7.62. The van der Waals surface area contributed by atoms with Crippen molar-refractivity contribution in [1.82, 2.24) is 10.6 Å². The van der Waals surface area contributed by atoms with Gasteiger partial charge in [-0.2, -0.15) is 0 Å². The minimum atomic E-state index is 0.357. The van der Waals surface area contributed by atoms with Crippen LogP contribution in [0.5, 0.6) is 0 Å². The van der Waals surface area contributed by atoms with Crippen molar-refractivity contribution in [3.8, 4) is 0 Å². The third-order valence-electron chi connectivity index (χ3n) is 2.79. The van der Waals surface area contributed by atoms with E-state index in [-0.39, 0.29) is 0 Å². The Kier molecular flexibility index (Phi) is 7.01. The molecule has 3 heteroatoms. The van der Waals surface area contributed by atoms with Gasteiger partial charge in [0, 0.05) is 12.6 Å². The van der Waals surface area contributed by atoms with Crippen molar-refractivity contribution in [3.05, 3.63) is 0 Å². The van der Waals surface area contributed by atoms with Crippen molar-refractivity contribution in [3.63, 3.8) is 0 Å². The Hall–Kier alpha value is -0.120. The molecular formula is C11H25N3. The lowest BCUT2D eigenvalue weighted by Gasteiger charge is -2.11. The van der Waals surface area contributed by atoms with Gasteiger partial charge in [0.05, 0.1) is 0 Å². The molecule has 4 N–H and O–H groups in total. The Morgan fingerprint density at radius 1 is 0.786 bits per heavy atom. The van der Waals surface area contributed by atoms with Gasteiger partial charge in [-0.25, -0.2) is 0 Å². The van der Waals surface area contributed by atoms with Crippen LogP contribution in [-0.2, 0) is 0 Å². The summed E-state index contributed by atoms with van der Waals surface area (Å²) >= 11 is 0. The van der Waals surface area contributed by atoms with E-state index in [4.69, 9.17) is 5.73 Å². The molecule has 0 aromatic rings. The van der Waals surface area contributed by atoms with Gasteiger partial charge in [0.15, 0.2) is 0 Å². The molecule has 0 aromatic heterocycles. The molecule has 0 bridgehead atoms. The maximum Gasteiger partial charge on any atom is 0.0165 e. The van der Waals surface area contributed by atoms with Gasteiger partial charge < -0.3 is 16.4 Å². The van der Waals surface area contributed by atoms with Crippen LogP contribution in [0.15, 0.2) is 0 Å². The van der Waals surface area contributed by atoms with Gasteiger partial charge >= 0.3 is 0 Å². The zero-order chi connectivity index (χ0) is 10.1. The molecule has 0 amide bonds. The molecule has 1 aliphatic heterocycles. The lowest BCUT2D eigenvalue weighted by atomic mass is 10.1. The van der Waals surface area contributed by atoms with Crippen molar-refractivity contribution in [2.45, 2.75) is 44.6 Å². The van der Waals surface area contributed by atoms with Crippen molar-refractivity contribution in [2.24, 2.45) is 5.73 Å². The van der Waals surface area contributed by atoms with Gasteiger partial charge in [0.1, 0.15) is 0 Å². The minimum absolute atomic E-state index is 0.357. The van der Waals surface area contributed by atoms with Crippen LogP contribution in [0.4, 0.5) is 0 Å². The summed E-state index contributed by atoms with van der Waals surface area (Å²) in [5.41, 5.74) is 5.97. The Balaban J connectivity index is 2.12. The fourth-order valence-corrected chi connectivity index (χ4v) is 1.85. The second kappa shape index (κ2) is 8.21. The molecule has 1 saturated heterocycles. The zero-order valence-corrected chi connectivity index (χ0v) is 9.23. The van der Waals surface area contributed by atoms with Crippen LogP contribution in [0.1, 0.15) is 38.5 Å². The molecule has 0 aliphatic carbocycles. The highest BCUT2D eigenvalue weighted by Gasteiger charge is 2.02. The molecule has 14 heavy (non-hydrogen) atoms. The minimum Gasteiger partial charge on any atom is -0.327 e. The monoisotopic (exact) mass is 199 g/mol. The van der Waals surface area contributed by atoms with E-state index >= 15 is 0 Å². The van der Waals surface area contributed by atoms with E-state index in [2.05, 4.69) is 10.6 Å². The van der Waals surface area contributed by atoms with Gasteiger partial charge in [-0.1, -0.05) is 12.8 Å². The average molecular weight is 199 g/mol. The normalized spacial score (nSPS) is 28.5. The molecule has 0 unspecified atom stereocenters. The highest BCUT2D eigenvalue weighted by molar-refractivity contribution is 4.65.